The number of Topliss-reactive ketones (excluding diaryl/α,β-unsaturated/α-hetero) is 1. The molecule has 1 saturated heterocycles. The summed E-state index contributed by atoms with van der Waals surface area (Å²) in [4.78, 5) is 27.1. The summed E-state index contributed by atoms with van der Waals surface area (Å²) in [7, 11) is 3.73. The van der Waals surface area contributed by atoms with Gasteiger partial charge in [0.2, 0.25) is 0 Å². The summed E-state index contributed by atoms with van der Waals surface area (Å²) in [6.07, 6.45) is 1.19. The van der Waals surface area contributed by atoms with E-state index in [1.807, 2.05) is 23.9 Å². The molecule has 2 aliphatic heterocycles. The Kier molecular flexibility index (Phi) is 3.01. The van der Waals surface area contributed by atoms with Crippen LogP contribution in [0, 0.1) is 0 Å². The van der Waals surface area contributed by atoms with Crippen molar-refractivity contribution in [3.63, 3.8) is 0 Å². The minimum Gasteiger partial charge on any atom is -0.371 e. The van der Waals surface area contributed by atoms with Gasteiger partial charge in [0.25, 0.3) is 11.7 Å². The van der Waals surface area contributed by atoms with Crippen LogP contribution >= 0.6 is 11.8 Å². The second-order valence-corrected chi connectivity index (χ2v) is 6.17. The van der Waals surface area contributed by atoms with Gasteiger partial charge in [0.15, 0.2) is 0 Å². The number of hydrogen-bond acceptors (Lipinski definition) is 4. The molecule has 0 spiro atoms. The van der Waals surface area contributed by atoms with E-state index in [-0.39, 0.29) is 0 Å². The minimum atomic E-state index is -0.439. The first-order valence-electron chi connectivity index (χ1n) is 6.36. The van der Waals surface area contributed by atoms with Gasteiger partial charge in [-0.05, 0) is 30.4 Å². The second-order valence-electron chi connectivity index (χ2n) is 5.02. The van der Waals surface area contributed by atoms with Crippen LogP contribution < -0.4 is 9.80 Å². The monoisotopic (exact) mass is 276 g/mol. The fourth-order valence-corrected chi connectivity index (χ4v) is 3.89. The highest BCUT2D eigenvalue weighted by molar-refractivity contribution is 7.99. The average molecular weight is 276 g/mol. The standard InChI is InChI=1S/C14H16N2O2S/c1-15(10-5-6-19-8-10)9-3-4-11-12(7-9)16(2)14(18)13(11)17/h3-4,7,10H,5-6,8H2,1-2H3. The number of likely N-dealkylation sites (N-methyl/N-ethyl adjacent to an activating group) is 1. The number of nitrogens with zero attached hydrogens (tertiary/aromatic N) is 2. The first-order valence-corrected chi connectivity index (χ1v) is 7.52. The van der Waals surface area contributed by atoms with E-state index in [0.29, 0.717) is 11.6 Å². The molecule has 0 aliphatic carbocycles. The van der Waals surface area contributed by atoms with Gasteiger partial charge in [-0.1, -0.05) is 0 Å². The van der Waals surface area contributed by atoms with Crippen molar-refractivity contribution < 1.29 is 9.59 Å². The van der Waals surface area contributed by atoms with Gasteiger partial charge in [-0.25, -0.2) is 0 Å². The third-order valence-electron chi connectivity index (χ3n) is 3.95. The molecule has 0 saturated carbocycles. The highest BCUT2D eigenvalue weighted by Crippen LogP contribution is 2.33. The third-order valence-corrected chi connectivity index (χ3v) is 5.09. The molecule has 0 N–H and O–H groups in total. The van der Waals surface area contributed by atoms with Gasteiger partial charge in [0.1, 0.15) is 0 Å². The number of carbonyl (C=O) groups is 2. The fourth-order valence-electron chi connectivity index (χ4n) is 2.62. The number of benzene rings is 1. The van der Waals surface area contributed by atoms with Crippen molar-refractivity contribution >= 4 is 34.8 Å². The Balaban J connectivity index is 1.94. The highest BCUT2D eigenvalue weighted by atomic mass is 32.2. The normalized spacial score (nSPS) is 22.0. The minimum absolute atomic E-state index is 0.400. The Hall–Kier alpha value is -1.49. The molecule has 2 aliphatic rings. The van der Waals surface area contributed by atoms with Gasteiger partial charge < -0.3 is 9.80 Å². The van der Waals surface area contributed by atoms with Crippen molar-refractivity contribution in [3.8, 4) is 0 Å². The zero-order valence-electron chi connectivity index (χ0n) is 11.0. The molecule has 5 heteroatoms. The summed E-state index contributed by atoms with van der Waals surface area (Å²) in [5.74, 6) is 1.51. The van der Waals surface area contributed by atoms with Crippen molar-refractivity contribution in [3.05, 3.63) is 23.8 Å². The Morgan fingerprint density at radius 1 is 1.37 bits per heavy atom. The predicted octanol–water partition coefficient (Wildman–Crippen LogP) is 1.79. The first kappa shape index (κ1) is 12.5. The summed E-state index contributed by atoms with van der Waals surface area (Å²) in [6.45, 7) is 0. The zero-order chi connectivity index (χ0) is 13.6. The molecule has 1 fully saturated rings. The van der Waals surface area contributed by atoms with E-state index >= 15 is 0 Å². The number of fused-ring (bicyclic) bond motifs is 1. The molecule has 19 heavy (non-hydrogen) atoms. The molecule has 0 bridgehead atoms. The molecule has 1 aromatic carbocycles. The number of hydrogen-bond donors (Lipinski definition) is 0. The number of rotatable bonds is 2. The lowest BCUT2D eigenvalue weighted by molar-refractivity contribution is -0.114. The van der Waals surface area contributed by atoms with E-state index in [4.69, 9.17) is 0 Å². The van der Waals surface area contributed by atoms with Crippen LogP contribution in [0.25, 0.3) is 0 Å². The average Bonchev–Trinajstić information content (AvgIpc) is 3.03. The smallest absolute Gasteiger partial charge is 0.299 e. The summed E-state index contributed by atoms with van der Waals surface area (Å²) >= 11 is 1.97. The SMILES string of the molecule is CN1C(=O)C(=O)c2ccc(N(C)C3CCSC3)cc21. The fraction of sp³-hybridized carbons (Fsp3) is 0.429. The lowest BCUT2D eigenvalue weighted by Gasteiger charge is -2.26. The molecular formula is C14H16N2O2S. The summed E-state index contributed by atoms with van der Waals surface area (Å²) in [5.41, 5.74) is 2.32. The second kappa shape index (κ2) is 4.56. The van der Waals surface area contributed by atoms with Gasteiger partial charge in [0, 0.05) is 31.6 Å². The van der Waals surface area contributed by atoms with Crippen LogP contribution in [-0.4, -0.2) is 43.3 Å². The third kappa shape index (κ3) is 1.92. The number of amides is 1. The van der Waals surface area contributed by atoms with Crippen LogP contribution in [0.15, 0.2) is 18.2 Å². The molecule has 2 heterocycles. The predicted molar refractivity (Wildman–Crippen MR) is 78.3 cm³/mol. The van der Waals surface area contributed by atoms with Crippen molar-refractivity contribution in [1.29, 1.82) is 0 Å². The van der Waals surface area contributed by atoms with E-state index < -0.39 is 11.7 Å². The van der Waals surface area contributed by atoms with Gasteiger partial charge >= 0.3 is 0 Å². The van der Waals surface area contributed by atoms with E-state index in [1.54, 1.807) is 13.1 Å². The number of ketones is 1. The lowest BCUT2D eigenvalue weighted by atomic mass is 10.1. The summed E-state index contributed by atoms with van der Waals surface area (Å²) in [5, 5.41) is 0. The van der Waals surface area contributed by atoms with E-state index in [2.05, 4.69) is 11.9 Å². The van der Waals surface area contributed by atoms with Crippen molar-refractivity contribution in [2.75, 3.05) is 35.4 Å². The van der Waals surface area contributed by atoms with E-state index in [1.165, 1.54) is 17.1 Å². The molecule has 1 atom stereocenters. The van der Waals surface area contributed by atoms with Crippen molar-refractivity contribution in [2.45, 2.75) is 12.5 Å². The number of anilines is 2. The van der Waals surface area contributed by atoms with Crippen molar-refractivity contribution in [2.24, 2.45) is 0 Å². The molecule has 100 valence electrons. The Morgan fingerprint density at radius 2 is 2.16 bits per heavy atom. The van der Waals surface area contributed by atoms with Crippen LogP contribution in [0.2, 0.25) is 0 Å². The topological polar surface area (TPSA) is 40.6 Å². The van der Waals surface area contributed by atoms with Crippen LogP contribution in [0.3, 0.4) is 0 Å². The van der Waals surface area contributed by atoms with Crippen LogP contribution in [0.1, 0.15) is 16.8 Å². The van der Waals surface area contributed by atoms with Crippen LogP contribution in [-0.2, 0) is 4.79 Å². The molecular weight excluding hydrogens is 260 g/mol. The maximum atomic E-state index is 11.7. The summed E-state index contributed by atoms with van der Waals surface area (Å²) in [6, 6.07) is 6.20. The molecule has 1 unspecified atom stereocenters. The summed E-state index contributed by atoms with van der Waals surface area (Å²) < 4.78 is 0. The Bertz CT molecular complexity index is 552. The molecule has 0 aromatic heterocycles. The maximum Gasteiger partial charge on any atom is 0.299 e. The molecule has 3 rings (SSSR count). The number of thioether (sulfide) groups is 1. The van der Waals surface area contributed by atoms with Crippen LogP contribution in [0.4, 0.5) is 11.4 Å². The number of carbonyl (C=O) groups excluding carboxylic acids is 2. The molecule has 0 radical (unpaired) electrons. The highest BCUT2D eigenvalue weighted by Gasteiger charge is 2.33. The van der Waals surface area contributed by atoms with E-state index in [0.717, 1.165) is 17.1 Å². The Morgan fingerprint density at radius 3 is 2.84 bits per heavy atom. The molecule has 1 aromatic rings. The maximum absolute atomic E-state index is 11.7. The van der Waals surface area contributed by atoms with Crippen molar-refractivity contribution in [1.82, 2.24) is 0 Å². The quantitative estimate of drug-likeness (QED) is 0.772. The van der Waals surface area contributed by atoms with Gasteiger partial charge in [-0.15, -0.1) is 0 Å². The largest absolute Gasteiger partial charge is 0.371 e. The zero-order valence-corrected chi connectivity index (χ0v) is 11.9. The molecule has 4 nitrogen and oxygen atoms in total. The molecule has 1 amide bonds. The Labute approximate surface area is 116 Å². The van der Waals surface area contributed by atoms with Gasteiger partial charge in [0.05, 0.1) is 11.3 Å². The van der Waals surface area contributed by atoms with Gasteiger partial charge in [-0.3, -0.25) is 9.59 Å². The van der Waals surface area contributed by atoms with Gasteiger partial charge in [-0.2, -0.15) is 11.8 Å². The van der Waals surface area contributed by atoms with Crippen LogP contribution in [0.5, 0.6) is 0 Å². The lowest BCUT2D eigenvalue weighted by Crippen LogP contribution is -2.31. The van der Waals surface area contributed by atoms with E-state index in [9.17, 15) is 9.59 Å². The first-order chi connectivity index (χ1) is 9.09.